The number of nitrogens with zero attached hydrogens (tertiary/aromatic N) is 4. The van der Waals surface area contributed by atoms with E-state index in [4.69, 9.17) is 0 Å². The van der Waals surface area contributed by atoms with Crippen LogP contribution in [-0.4, -0.2) is 69.8 Å². The van der Waals surface area contributed by atoms with Crippen LogP contribution < -0.4 is 0 Å². The maximum absolute atomic E-state index is 13.3. The van der Waals surface area contributed by atoms with E-state index in [9.17, 15) is 9.59 Å². The summed E-state index contributed by atoms with van der Waals surface area (Å²) >= 11 is 0. The molecule has 1 aromatic rings. The Bertz CT molecular complexity index is 743. The number of hydrogen-bond acceptors (Lipinski definition) is 4. The molecule has 1 spiro atoms. The number of piperidine rings is 1. The van der Waals surface area contributed by atoms with Crippen LogP contribution in [0.3, 0.4) is 0 Å². The minimum absolute atomic E-state index is 0.0746. The molecule has 3 fully saturated rings. The molecule has 6 heteroatoms. The minimum Gasteiger partial charge on any atom is -0.343 e. The third-order valence-electron chi connectivity index (χ3n) is 7.22. The molecule has 3 aliphatic rings. The molecule has 4 rings (SSSR count). The lowest BCUT2D eigenvalue weighted by Crippen LogP contribution is -2.57. The first-order chi connectivity index (χ1) is 13.9. The highest BCUT2D eigenvalue weighted by atomic mass is 16.2. The largest absolute Gasteiger partial charge is 0.343 e. The molecule has 1 aromatic heterocycles. The Labute approximate surface area is 174 Å². The van der Waals surface area contributed by atoms with Crippen LogP contribution in [0.2, 0.25) is 0 Å². The summed E-state index contributed by atoms with van der Waals surface area (Å²) in [6, 6.07) is 4.08. The lowest BCUT2D eigenvalue weighted by Gasteiger charge is -2.48. The zero-order chi connectivity index (χ0) is 20.6. The number of hydrogen-bond donors (Lipinski definition) is 0. The van der Waals surface area contributed by atoms with E-state index in [1.807, 2.05) is 17.2 Å². The number of carbonyl (C=O) groups excluding carboxylic acids is 2. The van der Waals surface area contributed by atoms with Crippen LogP contribution in [0.1, 0.15) is 45.6 Å². The number of pyridine rings is 1. The first-order valence-electron chi connectivity index (χ1n) is 11.1. The molecular weight excluding hydrogens is 364 g/mol. The summed E-state index contributed by atoms with van der Waals surface area (Å²) in [6.45, 7) is 11.3. The first-order valence-corrected chi connectivity index (χ1v) is 11.1. The summed E-state index contributed by atoms with van der Waals surface area (Å²) in [6.07, 6.45) is 6.17. The van der Waals surface area contributed by atoms with Crippen molar-refractivity contribution < 1.29 is 9.59 Å². The summed E-state index contributed by atoms with van der Waals surface area (Å²) in [7, 11) is 0. The third kappa shape index (κ3) is 3.67. The van der Waals surface area contributed by atoms with Crippen LogP contribution in [0.25, 0.3) is 0 Å². The second-order valence-corrected chi connectivity index (χ2v) is 9.43. The number of aromatic nitrogens is 1. The molecule has 0 aliphatic carbocycles. The molecule has 4 heterocycles. The van der Waals surface area contributed by atoms with Crippen molar-refractivity contribution >= 4 is 11.8 Å². The van der Waals surface area contributed by atoms with Crippen molar-refractivity contribution in [2.24, 2.45) is 17.8 Å². The molecule has 0 unspecified atom stereocenters. The van der Waals surface area contributed by atoms with Crippen LogP contribution in [0.5, 0.6) is 0 Å². The molecule has 3 saturated heterocycles. The highest BCUT2D eigenvalue weighted by Gasteiger charge is 2.61. The predicted molar refractivity (Wildman–Crippen MR) is 112 cm³/mol. The number of fused-ring (bicyclic) bond motifs is 2. The second kappa shape index (κ2) is 8.05. The van der Waals surface area contributed by atoms with Crippen LogP contribution >= 0.6 is 0 Å². The van der Waals surface area contributed by atoms with Gasteiger partial charge in [0.15, 0.2) is 0 Å². The number of carbonyl (C=O) groups is 2. The minimum atomic E-state index is -0.0746. The fraction of sp³-hybridized carbons (Fsp3) is 0.696. The van der Waals surface area contributed by atoms with Crippen LogP contribution in [0.15, 0.2) is 24.5 Å². The molecule has 0 saturated carbocycles. The lowest BCUT2D eigenvalue weighted by molar-refractivity contribution is -0.138. The van der Waals surface area contributed by atoms with Gasteiger partial charge in [0.1, 0.15) is 0 Å². The molecule has 0 bridgehead atoms. The van der Waals surface area contributed by atoms with E-state index in [0.717, 1.165) is 52.1 Å². The Morgan fingerprint density at radius 2 is 2.03 bits per heavy atom. The Morgan fingerprint density at radius 1 is 1.28 bits per heavy atom. The highest BCUT2D eigenvalue weighted by Crippen LogP contribution is 2.49. The average molecular weight is 399 g/mol. The summed E-state index contributed by atoms with van der Waals surface area (Å²) < 4.78 is 0. The third-order valence-corrected chi connectivity index (χ3v) is 7.22. The van der Waals surface area contributed by atoms with Crippen LogP contribution in [0.4, 0.5) is 0 Å². The van der Waals surface area contributed by atoms with Crippen molar-refractivity contribution in [3.05, 3.63) is 30.1 Å². The van der Waals surface area contributed by atoms with Gasteiger partial charge in [0, 0.05) is 64.0 Å². The number of amides is 2. The predicted octanol–water partition coefficient (Wildman–Crippen LogP) is 2.40. The summed E-state index contributed by atoms with van der Waals surface area (Å²) in [5.41, 5.74) is 1.13. The smallest absolute Gasteiger partial charge is 0.227 e. The topological polar surface area (TPSA) is 56.8 Å². The molecule has 2 amide bonds. The molecule has 3 aliphatic heterocycles. The van der Waals surface area contributed by atoms with Crippen molar-refractivity contribution in [3.8, 4) is 0 Å². The van der Waals surface area contributed by atoms with Gasteiger partial charge in [-0.05, 0) is 37.3 Å². The molecular formula is C23H34N4O2. The summed E-state index contributed by atoms with van der Waals surface area (Å²) in [4.78, 5) is 36.6. The molecule has 2 atom stereocenters. The van der Waals surface area contributed by atoms with Gasteiger partial charge in [-0.3, -0.25) is 19.5 Å². The van der Waals surface area contributed by atoms with Crippen molar-refractivity contribution in [1.82, 2.24) is 19.7 Å². The van der Waals surface area contributed by atoms with Crippen molar-refractivity contribution in [2.75, 3.05) is 32.7 Å². The van der Waals surface area contributed by atoms with E-state index in [0.29, 0.717) is 24.2 Å². The fourth-order valence-corrected chi connectivity index (χ4v) is 5.91. The monoisotopic (exact) mass is 398 g/mol. The van der Waals surface area contributed by atoms with E-state index in [-0.39, 0.29) is 17.4 Å². The van der Waals surface area contributed by atoms with Crippen LogP contribution in [-0.2, 0) is 16.1 Å². The fourth-order valence-electron chi connectivity index (χ4n) is 5.91. The Hall–Kier alpha value is -1.95. The van der Waals surface area contributed by atoms with Crippen molar-refractivity contribution in [3.63, 3.8) is 0 Å². The molecule has 0 N–H and O–H groups in total. The zero-order valence-electron chi connectivity index (χ0n) is 18.0. The normalized spacial score (nSPS) is 26.6. The van der Waals surface area contributed by atoms with Crippen molar-refractivity contribution in [2.45, 2.75) is 52.1 Å². The van der Waals surface area contributed by atoms with Gasteiger partial charge in [-0.2, -0.15) is 0 Å². The van der Waals surface area contributed by atoms with Crippen LogP contribution in [0, 0.1) is 17.8 Å². The SMILES string of the molecule is CCN1C(=O)[C@H]2CN(Cc3cccnc3)C[C@H]2C12CCN(C(=O)CC(C)C)CC2. The van der Waals surface area contributed by atoms with E-state index in [1.54, 1.807) is 6.20 Å². The Kier molecular flexibility index (Phi) is 5.65. The van der Waals surface area contributed by atoms with Gasteiger partial charge in [-0.1, -0.05) is 19.9 Å². The quantitative estimate of drug-likeness (QED) is 0.764. The van der Waals surface area contributed by atoms with Gasteiger partial charge < -0.3 is 9.80 Å². The van der Waals surface area contributed by atoms with Gasteiger partial charge in [0.25, 0.3) is 0 Å². The standard InChI is InChI=1S/C23H34N4O2/c1-4-27-22(29)19-15-25(14-18-6-5-9-24-13-18)16-20(19)23(27)7-10-26(11-8-23)21(28)12-17(2)3/h5-6,9,13,17,19-20H,4,7-8,10-12,14-16H2,1-3H3/t19-,20+/m0/s1. The Morgan fingerprint density at radius 3 is 2.66 bits per heavy atom. The second-order valence-electron chi connectivity index (χ2n) is 9.43. The maximum Gasteiger partial charge on any atom is 0.227 e. The molecule has 6 nitrogen and oxygen atoms in total. The zero-order valence-corrected chi connectivity index (χ0v) is 18.0. The lowest BCUT2D eigenvalue weighted by atomic mass is 9.74. The summed E-state index contributed by atoms with van der Waals surface area (Å²) in [5.74, 6) is 1.45. The van der Waals surface area contributed by atoms with E-state index in [1.165, 1.54) is 5.56 Å². The molecule has 158 valence electrons. The van der Waals surface area contributed by atoms with Gasteiger partial charge in [0.2, 0.25) is 11.8 Å². The maximum atomic E-state index is 13.3. The number of likely N-dealkylation sites (tertiary alicyclic amines) is 3. The van der Waals surface area contributed by atoms with E-state index >= 15 is 0 Å². The average Bonchev–Trinajstić information content (AvgIpc) is 3.20. The Balaban J connectivity index is 1.48. The van der Waals surface area contributed by atoms with E-state index in [2.05, 4.69) is 41.6 Å². The van der Waals surface area contributed by atoms with Gasteiger partial charge in [-0.25, -0.2) is 0 Å². The highest BCUT2D eigenvalue weighted by molar-refractivity contribution is 5.84. The van der Waals surface area contributed by atoms with E-state index < -0.39 is 0 Å². The molecule has 0 aromatic carbocycles. The summed E-state index contributed by atoms with van der Waals surface area (Å²) in [5, 5.41) is 0. The van der Waals surface area contributed by atoms with Crippen molar-refractivity contribution in [1.29, 1.82) is 0 Å². The van der Waals surface area contributed by atoms with Gasteiger partial charge in [-0.15, -0.1) is 0 Å². The first kappa shape index (κ1) is 20.3. The number of rotatable bonds is 5. The van der Waals surface area contributed by atoms with Gasteiger partial charge in [0.05, 0.1) is 11.5 Å². The molecule has 0 radical (unpaired) electrons. The molecule has 29 heavy (non-hydrogen) atoms. The van der Waals surface area contributed by atoms with Gasteiger partial charge >= 0.3 is 0 Å².